The molecule has 7 heteroatoms. The number of hydrogen-bond donors (Lipinski definition) is 0. The molecule has 0 aliphatic rings. The van der Waals surface area contributed by atoms with Crippen molar-refractivity contribution in [3.8, 4) is 23.8 Å². The van der Waals surface area contributed by atoms with Gasteiger partial charge in [-0.15, -0.1) is 17.4 Å². The molecule has 2 aromatic rings. The van der Waals surface area contributed by atoms with E-state index in [4.69, 9.17) is 32.4 Å². The first kappa shape index (κ1) is 21.1. The predicted octanol–water partition coefficient (Wildman–Crippen LogP) is 4.86. The van der Waals surface area contributed by atoms with Crippen molar-refractivity contribution >= 4 is 23.2 Å². The number of benzene rings is 1. The monoisotopic (exact) mass is 384 g/mol. The smallest absolute Gasteiger partial charge is 0.442 e. The third-order valence-electron chi connectivity index (χ3n) is 2.78. The molecular weight excluding hydrogens is 363 g/mol. The third kappa shape index (κ3) is 5.55. The number of nitrogens with zero attached hydrogens (tertiary/aromatic N) is 2. The Hall–Kier alpha value is -1.90. The van der Waals surface area contributed by atoms with Crippen LogP contribution in [0.4, 0.5) is 0 Å². The van der Waals surface area contributed by atoms with Gasteiger partial charge in [0.2, 0.25) is 5.89 Å². The van der Waals surface area contributed by atoms with E-state index in [2.05, 4.69) is 17.4 Å². The van der Waals surface area contributed by atoms with Gasteiger partial charge in [-0.1, -0.05) is 44.0 Å². The molecule has 0 saturated heterocycles. The zero-order valence-corrected chi connectivity index (χ0v) is 16.7. The largest absolute Gasteiger partial charge is 0.489 e. The fraction of sp³-hybridized carbons (Fsp3) is 0.444. The highest BCUT2D eigenvalue weighted by molar-refractivity contribution is 6.36. The molecule has 0 atom stereocenters. The highest BCUT2D eigenvalue weighted by atomic mass is 35.5. The minimum Gasteiger partial charge on any atom is -0.489 e. The molecule has 0 amide bonds. The Kier molecular flexibility index (Phi) is 7.16. The summed E-state index contributed by atoms with van der Waals surface area (Å²) in [6, 6.07) is 3.11. The van der Waals surface area contributed by atoms with E-state index in [1.807, 2.05) is 34.6 Å². The lowest BCUT2D eigenvalue weighted by Gasteiger charge is -2.13. The van der Waals surface area contributed by atoms with E-state index in [1.54, 1.807) is 13.0 Å². The van der Waals surface area contributed by atoms with Gasteiger partial charge in [0.25, 0.3) is 0 Å². The van der Waals surface area contributed by atoms with Gasteiger partial charge in [0.1, 0.15) is 5.75 Å². The molecule has 0 radical (unpaired) electrons. The first-order chi connectivity index (χ1) is 11.5. The van der Waals surface area contributed by atoms with E-state index >= 15 is 0 Å². The quantitative estimate of drug-likeness (QED) is 0.709. The second-order valence-corrected chi connectivity index (χ2v) is 7.34. The summed E-state index contributed by atoms with van der Waals surface area (Å²) in [4.78, 5) is 12.1. The van der Waals surface area contributed by atoms with E-state index in [0.29, 0.717) is 22.4 Å². The second-order valence-electron chi connectivity index (χ2n) is 6.52. The fourth-order valence-electron chi connectivity index (χ4n) is 1.76. The minimum atomic E-state index is -0.607. The van der Waals surface area contributed by atoms with Crippen LogP contribution in [-0.4, -0.2) is 15.9 Å². The summed E-state index contributed by atoms with van der Waals surface area (Å²) in [5.74, 6) is 2.41. The molecule has 1 aromatic carbocycles. The van der Waals surface area contributed by atoms with E-state index < -0.39 is 5.76 Å². The van der Waals surface area contributed by atoms with Gasteiger partial charge in [-0.2, -0.15) is 4.68 Å². The lowest BCUT2D eigenvalue weighted by atomic mass is 9.97. The van der Waals surface area contributed by atoms with Crippen LogP contribution in [0, 0.1) is 12.3 Å². The summed E-state index contributed by atoms with van der Waals surface area (Å²) in [6.45, 7) is 11.1. The Bertz CT molecular complexity index is 824. The van der Waals surface area contributed by atoms with Crippen molar-refractivity contribution in [3.05, 3.63) is 38.6 Å². The van der Waals surface area contributed by atoms with Crippen molar-refractivity contribution < 1.29 is 9.15 Å². The molecule has 0 aliphatic heterocycles. The zero-order valence-electron chi connectivity index (χ0n) is 15.2. The van der Waals surface area contributed by atoms with Gasteiger partial charge in [0, 0.05) is 11.5 Å². The topological polar surface area (TPSA) is 57.3 Å². The summed E-state index contributed by atoms with van der Waals surface area (Å²) in [5, 5.41) is 4.88. The van der Waals surface area contributed by atoms with Gasteiger partial charge >= 0.3 is 5.76 Å². The van der Waals surface area contributed by atoms with Gasteiger partial charge in [0.15, 0.2) is 0 Å². The maximum Gasteiger partial charge on any atom is 0.442 e. The molecular formula is C18H22Cl2N2O3. The molecule has 5 nitrogen and oxygen atoms in total. The van der Waals surface area contributed by atoms with Crippen LogP contribution in [0.2, 0.25) is 10.0 Å². The molecule has 0 bridgehead atoms. The molecule has 0 saturated carbocycles. The fourth-order valence-corrected chi connectivity index (χ4v) is 2.27. The lowest BCUT2D eigenvalue weighted by molar-refractivity contribution is 0.242. The van der Waals surface area contributed by atoms with Crippen LogP contribution in [0.15, 0.2) is 21.3 Å². The second kappa shape index (κ2) is 8.46. The summed E-state index contributed by atoms with van der Waals surface area (Å²) in [5.41, 5.74) is -0.0217. The highest BCUT2D eigenvalue weighted by Crippen LogP contribution is 2.33. The average molecular weight is 385 g/mol. The first-order valence-corrected chi connectivity index (χ1v) is 8.40. The number of halogens is 2. The van der Waals surface area contributed by atoms with Crippen molar-refractivity contribution in [3.63, 3.8) is 0 Å². The number of terminal acetylenes is 1. The zero-order chi connectivity index (χ0) is 19.4. The lowest BCUT2D eigenvalue weighted by Crippen LogP contribution is -2.15. The molecule has 2 rings (SSSR count). The van der Waals surface area contributed by atoms with E-state index in [1.165, 1.54) is 6.07 Å². The van der Waals surface area contributed by atoms with Crippen LogP contribution in [-0.2, 0) is 5.41 Å². The van der Waals surface area contributed by atoms with Gasteiger partial charge in [-0.25, -0.2) is 4.79 Å². The van der Waals surface area contributed by atoms with Crippen molar-refractivity contribution in [2.45, 2.75) is 53.1 Å². The van der Waals surface area contributed by atoms with Gasteiger partial charge in [0.05, 0.1) is 21.8 Å². The van der Waals surface area contributed by atoms with Crippen LogP contribution in [0.25, 0.3) is 5.69 Å². The standard InChI is InChI=1S/C15H18Cl2N2O3.C3H4/c1-8(2)21-12-7-11(9(16)6-10(12)17)19-14(20)22-13(18-19)15(3,4)5;1-3-2/h6-8H,1-5H3;1H,2H3. The number of rotatable bonds is 3. The molecule has 0 unspecified atom stereocenters. The number of ether oxygens (including phenoxy) is 1. The van der Waals surface area contributed by atoms with Gasteiger partial charge < -0.3 is 9.15 Å². The number of aromatic nitrogens is 2. The minimum absolute atomic E-state index is 0.0642. The molecule has 0 N–H and O–H groups in total. The summed E-state index contributed by atoms with van der Waals surface area (Å²) in [6.07, 6.45) is 4.53. The molecule has 25 heavy (non-hydrogen) atoms. The Morgan fingerprint density at radius 1 is 1.28 bits per heavy atom. The van der Waals surface area contributed by atoms with Crippen LogP contribution in [0.1, 0.15) is 47.4 Å². The Morgan fingerprint density at radius 3 is 2.28 bits per heavy atom. The van der Waals surface area contributed by atoms with Crippen LogP contribution < -0.4 is 10.5 Å². The number of hydrogen-bond acceptors (Lipinski definition) is 4. The summed E-state index contributed by atoms with van der Waals surface area (Å²) < 4.78 is 11.9. The predicted molar refractivity (Wildman–Crippen MR) is 101 cm³/mol. The maximum atomic E-state index is 12.1. The summed E-state index contributed by atoms with van der Waals surface area (Å²) >= 11 is 12.3. The molecule has 0 spiro atoms. The average Bonchev–Trinajstić information content (AvgIpc) is 2.84. The first-order valence-electron chi connectivity index (χ1n) is 7.65. The van der Waals surface area contributed by atoms with Crippen LogP contribution in [0.3, 0.4) is 0 Å². The third-order valence-corrected chi connectivity index (χ3v) is 3.38. The SMILES string of the molecule is C#CC.CC(C)Oc1cc(-n2nc(C(C)(C)C)oc2=O)c(Cl)cc1Cl. The van der Waals surface area contributed by atoms with E-state index in [-0.39, 0.29) is 16.5 Å². The van der Waals surface area contributed by atoms with E-state index in [0.717, 1.165) is 4.68 Å². The Balaban J connectivity index is 0.000000970. The van der Waals surface area contributed by atoms with Crippen molar-refractivity contribution in [2.24, 2.45) is 0 Å². The molecule has 1 aromatic heterocycles. The maximum absolute atomic E-state index is 12.1. The highest BCUT2D eigenvalue weighted by Gasteiger charge is 2.24. The van der Waals surface area contributed by atoms with Crippen LogP contribution in [0.5, 0.6) is 5.75 Å². The Labute approximate surface area is 157 Å². The molecule has 1 heterocycles. The van der Waals surface area contributed by atoms with Crippen LogP contribution >= 0.6 is 23.2 Å². The Morgan fingerprint density at radius 2 is 1.84 bits per heavy atom. The van der Waals surface area contributed by atoms with Gasteiger partial charge in [-0.05, 0) is 26.8 Å². The van der Waals surface area contributed by atoms with E-state index in [9.17, 15) is 4.79 Å². The van der Waals surface area contributed by atoms with Crippen molar-refractivity contribution in [1.29, 1.82) is 0 Å². The summed E-state index contributed by atoms with van der Waals surface area (Å²) in [7, 11) is 0. The molecule has 0 fully saturated rings. The molecule has 136 valence electrons. The molecule has 0 aliphatic carbocycles. The normalized spacial score (nSPS) is 10.9. The van der Waals surface area contributed by atoms with Crippen molar-refractivity contribution in [2.75, 3.05) is 0 Å². The van der Waals surface area contributed by atoms with Gasteiger partial charge in [-0.3, -0.25) is 0 Å². The van der Waals surface area contributed by atoms with Crippen molar-refractivity contribution in [1.82, 2.24) is 9.78 Å².